The normalized spacial score (nSPS) is 41.8. The second-order valence-corrected chi connectivity index (χ2v) is 4.21. The highest BCUT2D eigenvalue weighted by Crippen LogP contribution is 2.28. The summed E-state index contributed by atoms with van der Waals surface area (Å²) in [5.41, 5.74) is 0.0775. The van der Waals surface area contributed by atoms with E-state index in [9.17, 15) is 0 Å². The highest BCUT2D eigenvalue weighted by Gasteiger charge is 2.36. The summed E-state index contributed by atoms with van der Waals surface area (Å²) in [4.78, 5) is 0. The summed E-state index contributed by atoms with van der Waals surface area (Å²) in [6, 6.07) is 0. The van der Waals surface area contributed by atoms with Crippen molar-refractivity contribution in [3.63, 3.8) is 0 Å². The molecule has 0 radical (unpaired) electrons. The van der Waals surface area contributed by atoms with Gasteiger partial charge in [-0.15, -0.1) is 0 Å². The summed E-state index contributed by atoms with van der Waals surface area (Å²) < 4.78 is 11.5. The molecule has 76 valence electrons. The van der Waals surface area contributed by atoms with Crippen molar-refractivity contribution in [1.82, 2.24) is 5.32 Å². The maximum Gasteiger partial charge on any atom is 0.0833 e. The van der Waals surface area contributed by atoms with E-state index in [-0.39, 0.29) is 5.60 Å². The number of hydrogen-bond acceptors (Lipinski definition) is 3. The molecule has 0 aromatic carbocycles. The van der Waals surface area contributed by atoms with Crippen LogP contribution in [-0.2, 0) is 9.47 Å². The number of nitrogens with one attached hydrogen (secondary N) is 1. The van der Waals surface area contributed by atoms with Crippen LogP contribution in [0.5, 0.6) is 0 Å². The van der Waals surface area contributed by atoms with E-state index in [1.807, 2.05) is 0 Å². The Hall–Kier alpha value is -0.120. The summed E-state index contributed by atoms with van der Waals surface area (Å²) in [6.45, 7) is 5.89. The van der Waals surface area contributed by atoms with Crippen LogP contribution in [0.15, 0.2) is 0 Å². The number of rotatable bonds is 0. The first-order chi connectivity index (χ1) is 6.31. The molecule has 2 rings (SSSR count). The van der Waals surface area contributed by atoms with Crippen LogP contribution in [0.2, 0.25) is 0 Å². The molecule has 2 atom stereocenters. The minimum Gasteiger partial charge on any atom is -0.381 e. The van der Waals surface area contributed by atoms with E-state index in [0.29, 0.717) is 6.10 Å². The van der Waals surface area contributed by atoms with Crippen molar-refractivity contribution in [2.24, 2.45) is 0 Å². The SMILES string of the molecule is CC1CNCC2(CCCOCC2)O1. The van der Waals surface area contributed by atoms with Gasteiger partial charge in [0.15, 0.2) is 0 Å². The molecular formula is C10H19NO2. The third kappa shape index (κ3) is 2.22. The Bertz CT molecular complexity index is 164. The lowest BCUT2D eigenvalue weighted by Crippen LogP contribution is -2.53. The Morgan fingerprint density at radius 2 is 2.23 bits per heavy atom. The summed E-state index contributed by atoms with van der Waals surface area (Å²) >= 11 is 0. The number of morpholine rings is 1. The Morgan fingerprint density at radius 1 is 1.31 bits per heavy atom. The molecule has 1 spiro atoms. The summed E-state index contributed by atoms with van der Waals surface area (Å²) in [7, 11) is 0. The quantitative estimate of drug-likeness (QED) is 0.609. The number of hydrogen-bond donors (Lipinski definition) is 1. The van der Waals surface area contributed by atoms with E-state index in [1.165, 1.54) is 0 Å². The molecule has 0 amide bonds. The third-order valence-corrected chi connectivity index (χ3v) is 2.95. The summed E-state index contributed by atoms with van der Waals surface area (Å²) in [5.74, 6) is 0. The first kappa shape index (κ1) is 9.44. The van der Waals surface area contributed by atoms with Crippen LogP contribution in [0, 0.1) is 0 Å². The Morgan fingerprint density at radius 3 is 3.08 bits per heavy atom. The largest absolute Gasteiger partial charge is 0.381 e. The van der Waals surface area contributed by atoms with Gasteiger partial charge in [0.2, 0.25) is 0 Å². The molecule has 2 saturated heterocycles. The van der Waals surface area contributed by atoms with Crippen molar-refractivity contribution >= 4 is 0 Å². The first-order valence-corrected chi connectivity index (χ1v) is 5.27. The molecule has 2 heterocycles. The first-order valence-electron chi connectivity index (χ1n) is 5.27. The summed E-state index contributed by atoms with van der Waals surface area (Å²) in [5, 5.41) is 3.44. The van der Waals surface area contributed by atoms with E-state index >= 15 is 0 Å². The molecule has 13 heavy (non-hydrogen) atoms. The second-order valence-electron chi connectivity index (χ2n) is 4.21. The van der Waals surface area contributed by atoms with Gasteiger partial charge in [-0.2, -0.15) is 0 Å². The van der Waals surface area contributed by atoms with Gasteiger partial charge in [-0.3, -0.25) is 0 Å². The smallest absolute Gasteiger partial charge is 0.0833 e. The minimum atomic E-state index is 0.0775. The Labute approximate surface area is 79.8 Å². The fourth-order valence-electron chi connectivity index (χ4n) is 2.29. The molecule has 0 aromatic heterocycles. The van der Waals surface area contributed by atoms with Crippen molar-refractivity contribution in [1.29, 1.82) is 0 Å². The minimum absolute atomic E-state index is 0.0775. The lowest BCUT2D eigenvalue weighted by Gasteiger charge is -2.40. The Kier molecular flexibility index (Phi) is 2.86. The van der Waals surface area contributed by atoms with Crippen LogP contribution in [-0.4, -0.2) is 38.0 Å². The van der Waals surface area contributed by atoms with E-state index in [0.717, 1.165) is 45.6 Å². The van der Waals surface area contributed by atoms with Gasteiger partial charge in [-0.05, 0) is 19.8 Å². The Balaban J connectivity index is 1.99. The van der Waals surface area contributed by atoms with Crippen molar-refractivity contribution in [3.05, 3.63) is 0 Å². The van der Waals surface area contributed by atoms with Gasteiger partial charge < -0.3 is 14.8 Å². The van der Waals surface area contributed by atoms with Crippen molar-refractivity contribution in [3.8, 4) is 0 Å². The second kappa shape index (κ2) is 3.95. The molecule has 3 heteroatoms. The average molecular weight is 185 g/mol. The zero-order valence-electron chi connectivity index (χ0n) is 8.34. The van der Waals surface area contributed by atoms with Crippen molar-refractivity contribution in [2.75, 3.05) is 26.3 Å². The third-order valence-electron chi connectivity index (χ3n) is 2.95. The molecule has 0 saturated carbocycles. The van der Waals surface area contributed by atoms with Crippen LogP contribution in [0.25, 0.3) is 0 Å². The van der Waals surface area contributed by atoms with E-state index in [4.69, 9.17) is 9.47 Å². The van der Waals surface area contributed by atoms with E-state index in [1.54, 1.807) is 0 Å². The molecule has 0 aliphatic carbocycles. The molecule has 0 bridgehead atoms. The average Bonchev–Trinajstić information content (AvgIpc) is 2.31. The standard InChI is InChI=1S/C10H19NO2/c1-9-7-11-8-10(13-9)3-2-5-12-6-4-10/h9,11H,2-8H2,1H3. The van der Waals surface area contributed by atoms with E-state index < -0.39 is 0 Å². The lowest BCUT2D eigenvalue weighted by atomic mass is 9.93. The highest BCUT2D eigenvalue weighted by atomic mass is 16.5. The molecule has 2 unspecified atom stereocenters. The van der Waals surface area contributed by atoms with Gasteiger partial charge in [0.25, 0.3) is 0 Å². The molecule has 2 fully saturated rings. The van der Waals surface area contributed by atoms with Gasteiger partial charge in [0.05, 0.1) is 11.7 Å². The van der Waals surface area contributed by atoms with Gasteiger partial charge in [0.1, 0.15) is 0 Å². The van der Waals surface area contributed by atoms with Gasteiger partial charge in [-0.1, -0.05) is 0 Å². The molecule has 2 aliphatic rings. The van der Waals surface area contributed by atoms with Crippen LogP contribution >= 0.6 is 0 Å². The fourth-order valence-corrected chi connectivity index (χ4v) is 2.29. The van der Waals surface area contributed by atoms with Crippen LogP contribution in [0.1, 0.15) is 26.2 Å². The molecule has 2 aliphatic heterocycles. The maximum absolute atomic E-state index is 6.05. The molecule has 1 N–H and O–H groups in total. The van der Waals surface area contributed by atoms with Crippen LogP contribution < -0.4 is 5.32 Å². The van der Waals surface area contributed by atoms with Crippen molar-refractivity contribution < 1.29 is 9.47 Å². The molecule has 3 nitrogen and oxygen atoms in total. The van der Waals surface area contributed by atoms with Crippen LogP contribution in [0.4, 0.5) is 0 Å². The van der Waals surface area contributed by atoms with Gasteiger partial charge >= 0.3 is 0 Å². The van der Waals surface area contributed by atoms with Crippen LogP contribution in [0.3, 0.4) is 0 Å². The van der Waals surface area contributed by atoms with E-state index in [2.05, 4.69) is 12.2 Å². The predicted octanol–water partition coefficient (Wildman–Crippen LogP) is 0.934. The lowest BCUT2D eigenvalue weighted by molar-refractivity contribution is -0.117. The highest BCUT2D eigenvalue weighted by molar-refractivity contribution is 4.89. The number of ether oxygens (including phenoxy) is 2. The predicted molar refractivity (Wildman–Crippen MR) is 50.8 cm³/mol. The molecule has 0 aromatic rings. The van der Waals surface area contributed by atoms with Crippen molar-refractivity contribution in [2.45, 2.75) is 37.9 Å². The zero-order valence-corrected chi connectivity index (χ0v) is 8.34. The van der Waals surface area contributed by atoms with Gasteiger partial charge in [0, 0.05) is 32.7 Å². The zero-order chi connectivity index (χ0) is 9.15. The maximum atomic E-state index is 6.05. The topological polar surface area (TPSA) is 30.5 Å². The fraction of sp³-hybridized carbons (Fsp3) is 1.00. The summed E-state index contributed by atoms with van der Waals surface area (Å²) in [6.07, 6.45) is 3.68. The molecular weight excluding hydrogens is 166 g/mol. The monoisotopic (exact) mass is 185 g/mol. The van der Waals surface area contributed by atoms with Gasteiger partial charge in [-0.25, -0.2) is 0 Å².